The predicted molar refractivity (Wildman–Crippen MR) is 84.2 cm³/mol. The van der Waals surface area contributed by atoms with E-state index in [9.17, 15) is 4.79 Å². The van der Waals surface area contributed by atoms with Crippen LogP contribution < -0.4 is 5.32 Å². The van der Waals surface area contributed by atoms with E-state index < -0.39 is 0 Å². The summed E-state index contributed by atoms with van der Waals surface area (Å²) in [6.45, 7) is 2.23. The largest absolute Gasteiger partial charge is 0.465 e. The van der Waals surface area contributed by atoms with Crippen molar-refractivity contribution in [1.29, 1.82) is 0 Å². The number of rotatable bonds is 6. The molecule has 0 fully saturated rings. The molecule has 1 atom stereocenters. The molecule has 3 nitrogen and oxygen atoms in total. The van der Waals surface area contributed by atoms with Crippen LogP contribution in [0, 0.1) is 0 Å². The molecule has 2 aromatic rings. The lowest BCUT2D eigenvalue weighted by Crippen LogP contribution is -2.37. The summed E-state index contributed by atoms with van der Waals surface area (Å²) in [7, 11) is 1.78. The fourth-order valence-electron chi connectivity index (χ4n) is 1.95. The van der Waals surface area contributed by atoms with Gasteiger partial charge in [-0.2, -0.15) is 0 Å². The van der Waals surface area contributed by atoms with E-state index in [0.29, 0.717) is 12.4 Å². The third-order valence-electron chi connectivity index (χ3n) is 3.06. The van der Waals surface area contributed by atoms with Crippen molar-refractivity contribution in [1.82, 2.24) is 5.32 Å². The molecule has 0 aliphatic carbocycles. The first-order chi connectivity index (χ1) is 9.74. The smallest absolute Gasteiger partial charge is 0.323 e. The average molecular weight is 289 g/mol. The zero-order chi connectivity index (χ0) is 14.4. The van der Waals surface area contributed by atoms with Gasteiger partial charge < -0.3 is 10.1 Å². The second kappa shape index (κ2) is 7.31. The van der Waals surface area contributed by atoms with Gasteiger partial charge in [0, 0.05) is 10.6 Å². The van der Waals surface area contributed by atoms with Gasteiger partial charge in [0.1, 0.15) is 6.04 Å². The van der Waals surface area contributed by atoms with Gasteiger partial charge >= 0.3 is 5.97 Å². The number of benzene rings is 2. The Kier molecular flexibility index (Phi) is 5.44. The Morgan fingerprint density at radius 3 is 2.70 bits per heavy atom. The van der Waals surface area contributed by atoms with Gasteiger partial charge in [0.05, 0.1) is 6.61 Å². The second-order valence-electron chi connectivity index (χ2n) is 4.41. The molecule has 0 saturated heterocycles. The lowest BCUT2D eigenvalue weighted by atomic mass is 10.1. The number of ether oxygens (including phenoxy) is 1. The van der Waals surface area contributed by atoms with E-state index in [1.807, 2.05) is 19.1 Å². The Morgan fingerprint density at radius 2 is 2.00 bits per heavy atom. The maximum atomic E-state index is 11.7. The van der Waals surface area contributed by atoms with E-state index in [0.717, 1.165) is 4.90 Å². The number of thioether (sulfide) groups is 1. The topological polar surface area (TPSA) is 38.3 Å². The zero-order valence-corrected chi connectivity index (χ0v) is 12.6. The van der Waals surface area contributed by atoms with Crippen LogP contribution in [0.3, 0.4) is 0 Å². The summed E-state index contributed by atoms with van der Waals surface area (Å²) >= 11 is 1.66. The van der Waals surface area contributed by atoms with Gasteiger partial charge in [-0.05, 0) is 36.9 Å². The van der Waals surface area contributed by atoms with Crippen LogP contribution in [0.2, 0.25) is 0 Å². The van der Waals surface area contributed by atoms with Crippen LogP contribution in [0.5, 0.6) is 0 Å². The number of carbonyl (C=O) groups is 1. The SMILES string of the molecule is CCOC(=O)C(CSc1ccc2ccccc2c1)NC. The van der Waals surface area contributed by atoms with Gasteiger partial charge in [0.15, 0.2) is 0 Å². The molecule has 0 amide bonds. The first-order valence-electron chi connectivity index (χ1n) is 6.70. The van der Waals surface area contributed by atoms with Gasteiger partial charge in [0.2, 0.25) is 0 Å². The summed E-state index contributed by atoms with van der Waals surface area (Å²) in [5, 5.41) is 5.45. The van der Waals surface area contributed by atoms with E-state index >= 15 is 0 Å². The van der Waals surface area contributed by atoms with E-state index in [1.54, 1.807) is 18.8 Å². The predicted octanol–water partition coefficient (Wildman–Crippen LogP) is 3.08. The summed E-state index contributed by atoms with van der Waals surface area (Å²) in [5.41, 5.74) is 0. The minimum atomic E-state index is -0.272. The Hall–Kier alpha value is -1.52. The summed E-state index contributed by atoms with van der Waals surface area (Å²) in [6.07, 6.45) is 0. The highest BCUT2D eigenvalue weighted by atomic mass is 32.2. The van der Waals surface area contributed by atoms with E-state index in [-0.39, 0.29) is 12.0 Å². The van der Waals surface area contributed by atoms with Crippen LogP contribution in [0.4, 0.5) is 0 Å². The number of nitrogens with one attached hydrogen (secondary N) is 1. The normalized spacial score (nSPS) is 12.3. The first-order valence-corrected chi connectivity index (χ1v) is 7.68. The average Bonchev–Trinajstić information content (AvgIpc) is 2.48. The number of hydrogen-bond acceptors (Lipinski definition) is 4. The monoisotopic (exact) mass is 289 g/mol. The standard InChI is InChI=1S/C16H19NO2S/c1-3-19-16(18)15(17-2)11-20-14-9-8-12-6-4-5-7-13(12)10-14/h4-10,15,17H,3,11H2,1-2H3. The number of fused-ring (bicyclic) bond motifs is 1. The van der Waals surface area contributed by atoms with Gasteiger partial charge in [-0.25, -0.2) is 0 Å². The van der Waals surface area contributed by atoms with Crippen LogP contribution in [-0.2, 0) is 9.53 Å². The highest BCUT2D eigenvalue weighted by Crippen LogP contribution is 2.24. The molecule has 0 saturated carbocycles. The fraction of sp³-hybridized carbons (Fsp3) is 0.312. The first kappa shape index (κ1) is 14.9. The summed E-state index contributed by atoms with van der Waals surface area (Å²) < 4.78 is 5.04. The minimum absolute atomic E-state index is 0.191. The molecular weight excluding hydrogens is 270 g/mol. The Bertz CT molecular complexity index is 585. The molecule has 2 aromatic carbocycles. The molecule has 0 aromatic heterocycles. The molecule has 0 radical (unpaired) electrons. The molecule has 1 unspecified atom stereocenters. The maximum Gasteiger partial charge on any atom is 0.323 e. The van der Waals surface area contributed by atoms with Gasteiger partial charge in [-0.15, -0.1) is 11.8 Å². The summed E-state index contributed by atoms with van der Waals surface area (Å²) in [5.74, 6) is 0.469. The molecule has 0 aliphatic rings. The van der Waals surface area contributed by atoms with Crippen molar-refractivity contribution in [3.05, 3.63) is 42.5 Å². The molecule has 0 heterocycles. The van der Waals surface area contributed by atoms with Crippen LogP contribution in [0.25, 0.3) is 10.8 Å². The molecule has 0 aliphatic heterocycles. The highest BCUT2D eigenvalue weighted by molar-refractivity contribution is 7.99. The van der Waals surface area contributed by atoms with E-state index in [1.165, 1.54) is 10.8 Å². The maximum absolute atomic E-state index is 11.7. The van der Waals surface area contributed by atoms with Crippen LogP contribution in [-0.4, -0.2) is 31.4 Å². The van der Waals surface area contributed by atoms with Crippen molar-refractivity contribution in [2.24, 2.45) is 0 Å². The lowest BCUT2D eigenvalue weighted by molar-refractivity contribution is -0.144. The quantitative estimate of drug-likeness (QED) is 0.655. The van der Waals surface area contributed by atoms with Gasteiger partial charge in [0.25, 0.3) is 0 Å². The summed E-state index contributed by atoms with van der Waals surface area (Å²) in [6, 6.07) is 14.3. The Morgan fingerprint density at radius 1 is 1.25 bits per heavy atom. The van der Waals surface area contributed by atoms with Crippen LogP contribution in [0.15, 0.2) is 47.4 Å². The van der Waals surface area contributed by atoms with Crippen molar-refractivity contribution in [2.75, 3.05) is 19.4 Å². The highest BCUT2D eigenvalue weighted by Gasteiger charge is 2.17. The van der Waals surface area contributed by atoms with Crippen LogP contribution in [0.1, 0.15) is 6.92 Å². The molecule has 4 heteroatoms. The van der Waals surface area contributed by atoms with Gasteiger partial charge in [-0.3, -0.25) is 4.79 Å². The third-order valence-corrected chi connectivity index (χ3v) is 4.14. The Labute approximate surface area is 123 Å². The number of hydrogen-bond donors (Lipinski definition) is 1. The van der Waals surface area contributed by atoms with Crippen molar-refractivity contribution in [3.63, 3.8) is 0 Å². The third kappa shape index (κ3) is 3.74. The molecule has 0 spiro atoms. The number of carbonyl (C=O) groups excluding carboxylic acids is 1. The minimum Gasteiger partial charge on any atom is -0.465 e. The molecule has 106 valence electrons. The second-order valence-corrected chi connectivity index (χ2v) is 5.51. The Balaban J connectivity index is 2.02. The zero-order valence-electron chi connectivity index (χ0n) is 11.8. The van der Waals surface area contributed by atoms with Crippen molar-refractivity contribution >= 4 is 28.5 Å². The van der Waals surface area contributed by atoms with Gasteiger partial charge in [-0.1, -0.05) is 30.3 Å². The van der Waals surface area contributed by atoms with Crippen LogP contribution >= 0.6 is 11.8 Å². The van der Waals surface area contributed by atoms with E-state index in [2.05, 4.69) is 35.6 Å². The molecule has 0 bridgehead atoms. The van der Waals surface area contributed by atoms with Crippen molar-refractivity contribution < 1.29 is 9.53 Å². The van der Waals surface area contributed by atoms with Crippen molar-refractivity contribution in [2.45, 2.75) is 17.9 Å². The molecule has 20 heavy (non-hydrogen) atoms. The fourth-order valence-corrected chi connectivity index (χ4v) is 2.99. The van der Waals surface area contributed by atoms with E-state index in [4.69, 9.17) is 4.74 Å². The summed E-state index contributed by atoms with van der Waals surface area (Å²) in [4.78, 5) is 12.9. The lowest BCUT2D eigenvalue weighted by Gasteiger charge is -2.14. The molecule has 1 N–H and O–H groups in total. The van der Waals surface area contributed by atoms with Crippen molar-refractivity contribution in [3.8, 4) is 0 Å². The molecule has 2 rings (SSSR count). The molecular formula is C16H19NO2S. The number of esters is 1. The number of likely N-dealkylation sites (N-methyl/N-ethyl adjacent to an activating group) is 1.